The van der Waals surface area contributed by atoms with E-state index in [0.717, 1.165) is 19.3 Å². The van der Waals surface area contributed by atoms with Crippen LogP contribution in [0.1, 0.15) is 71.7 Å². The summed E-state index contributed by atoms with van der Waals surface area (Å²) in [6.45, 7) is 15.4. The van der Waals surface area contributed by atoms with Gasteiger partial charge in [-0.05, 0) is 0 Å². The van der Waals surface area contributed by atoms with Gasteiger partial charge in [0.1, 0.15) is 0 Å². The van der Waals surface area contributed by atoms with Gasteiger partial charge in [0.25, 0.3) is 0 Å². The van der Waals surface area contributed by atoms with Gasteiger partial charge in [-0.15, -0.1) is 0 Å². The van der Waals surface area contributed by atoms with Crippen molar-refractivity contribution in [2.75, 3.05) is 0 Å². The summed E-state index contributed by atoms with van der Waals surface area (Å²) in [4.78, 5) is 28.1. The first-order chi connectivity index (χ1) is 16.8. The topological polar surface area (TPSA) is 73.3 Å². The molecule has 1 spiro atoms. The Hall–Kier alpha value is -1.09. The van der Waals surface area contributed by atoms with Crippen molar-refractivity contribution in [1.82, 2.24) is 9.55 Å². The first kappa shape index (κ1) is 26.5. The summed E-state index contributed by atoms with van der Waals surface area (Å²) in [6, 6.07) is 10.6. The third-order valence-corrected chi connectivity index (χ3v) is 18.2. The summed E-state index contributed by atoms with van der Waals surface area (Å²) in [5, 5.41) is -0.344. The second-order valence-electron chi connectivity index (χ2n) is 12.5. The average Bonchev–Trinajstić information content (AvgIpc) is 3.33. The Kier molecular flexibility index (Phi) is 6.62. The van der Waals surface area contributed by atoms with Crippen molar-refractivity contribution >= 4 is 39.7 Å². The van der Waals surface area contributed by atoms with Crippen LogP contribution < -0.4 is 15.7 Å². The molecule has 1 aromatic carbocycles. The Morgan fingerprint density at radius 2 is 1.75 bits per heavy atom. The summed E-state index contributed by atoms with van der Waals surface area (Å²) in [6.07, 6.45) is 5.03. The van der Waals surface area contributed by atoms with E-state index in [1.807, 2.05) is 17.8 Å². The van der Waals surface area contributed by atoms with Crippen LogP contribution in [0.3, 0.4) is 0 Å². The zero-order valence-electron chi connectivity index (χ0n) is 22.3. The molecule has 1 aliphatic carbocycles. The van der Waals surface area contributed by atoms with Gasteiger partial charge in [0.05, 0.1) is 0 Å². The summed E-state index contributed by atoms with van der Waals surface area (Å²) in [7, 11) is -2.73. The van der Waals surface area contributed by atoms with Crippen molar-refractivity contribution < 1.29 is 8.85 Å². The number of nitrogens with zero attached hydrogens (tertiary/aromatic N) is 1. The van der Waals surface area contributed by atoms with Gasteiger partial charge in [0.15, 0.2) is 0 Å². The average molecular weight is 594 g/mol. The first-order valence-electron chi connectivity index (χ1n) is 12.9. The zero-order valence-corrected chi connectivity index (χ0v) is 25.8. The number of nitrogens with one attached hydrogen (secondary N) is 1. The predicted octanol–water partition coefficient (Wildman–Crippen LogP) is 4.66. The van der Waals surface area contributed by atoms with Gasteiger partial charge in [0.2, 0.25) is 0 Å². The molecular weight excluding hydrogens is 555 g/mol. The number of aromatic nitrogens is 2. The number of H-pyrrole nitrogens is 1. The number of hydrogen-bond donors (Lipinski definition) is 1. The molecule has 2 aliphatic heterocycles. The van der Waals surface area contributed by atoms with Crippen molar-refractivity contribution in [2.24, 2.45) is 0 Å². The minimum absolute atomic E-state index is 0.00166. The molecule has 2 saturated heterocycles. The molecule has 3 aliphatic rings. The van der Waals surface area contributed by atoms with E-state index in [2.05, 4.69) is 70.8 Å². The molecule has 3 fully saturated rings. The number of aromatic amines is 1. The Balaban J connectivity index is 1.68. The SMILES string of the molecule is Cc1cn([C@H]2S[C@@]34CCC[C@H]3O[Si](C(C)(C)C)(C(C)(C)C)O[C@H]4[C@H]2[Se]c2ccccc2)c(=O)[nH]c1=O. The molecule has 2 aromatic rings. The van der Waals surface area contributed by atoms with Gasteiger partial charge in [-0.25, -0.2) is 0 Å². The van der Waals surface area contributed by atoms with Crippen LogP contribution in [0.4, 0.5) is 0 Å². The summed E-state index contributed by atoms with van der Waals surface area (Å²) < 4.78 is 17.6. The fraction of sp³-hybridized carbons (Fsp3) is 0.630. The molecule has 36 heavy (non-hydrogen) atoms. The number of hydrogen-bond acceptors (Lipinski definition) is 5. The summed E-state index contributed by atoms with van der Waals surface area (Å²) in [5.41, 5.74) is -0.0930. The van der Waals surface area contributed by atoms with Crippen LogP contribution in [0.15, 0.2) is 46.1 Å². The molecule has 1 saturated carbocycles. The van der Waals surface area contributed by atoms with E-state index < -0.39 is 8.56 Å². The van der Waals surface area contributed by atoms with Crippen LogP contribution in [0.5, 0.6) is 0 Å². The standard InChI is InChI=1S/C27H38N2O4SSeSi/c1-17-16-29(24(31)28-22(17)30)23-20(35-18-12-9-8-10-13-18)21-27(34-23)15-11-14-19(27)32-36(33-21,25(2,3)4)26(5,6)7/h8-10,12-13,16,19-21,23H,11,14-15H2,1-7H3,(H,28,30,31)/t19-,20-,21+,23+,27+/m1/s1. The summed E-state index contributed by atoms with van der Waals surface area (Å²) >= 11 is 1.94. The van der Waals surface area contributed by atoms with Gasteiger partial charge in [-0.1, -0.05) is 0 Å². The molecule has 1 N–H and O–H groups in total. The van der Waals surface area contributed by atoms with E-state index in [-0.39, 0.29) is 63.4 Å². The maximum absolute atomic E-state index is 13.2. The van der Waals surface area contributed by atoms with Crippen molar-refractivity contribution in [3.8, 4) is 0 Å². The predicted molar refractivity (Wildman–Crippen MR) is 150 cm³/mol. The molecule has 0 amide bonds. The molecule has 9 heteroatoms. The van der Waals surface area contributed by atoms with Gasteiger partial charge in [-0.2, -0.15) is 0 Å². The fourth-order valence-corrected chi connectivity index (χ4v) is 17.6. The Morgan fingerprint density at radius 3 is 2.39 bits per heavy atom. The molecular formula is C27H38N2O4SSeSi. The van der Waals surface area contributed by atoms with Gasteiger partial charge < -0.3 is 0 Å². The van der Waals surface area contributed by atoms with Crippen LogP contribution in [-0.2, 0) is 8.85 Å². The number of thioether (sulfide) groups is 1. The quantitative estimate of drug-likeness (QED) is 0.525. The number of rotatable bonds is 3. The van der Waals surface area contributed by atoms with E-state index in [1.165, 1.54) is 4.46 Å². The van der Waals surface area contributed by atoms with E-state index in [1.54, 1.807) is 17.7 Å². The Bertz CT molecular complexity index is 1240. The zero-order chi connectivity index (χ0) is 26.1. The van der Waals surface area contributed by atoms with Gasteiger partial charge in [0, 0.05) is 0 Å². The molecule has 3 heterocycles. The van der Waals surface area contributed by atoms with Crippen LogP contribution in [0, 0.1) is 6.92 Å². The third-order valence-electron chi connectivity index (χ3n) is 7.99. The molecule has 0 unspecified atom stereocenters. The van der Waals surface area contributed by atoms with E-state index in [0.29, 0.717) is 5.56 Å². The molecule has 196 valence electrons. The third kappa shape index (κ3) is 4.05. The van der Waals surface area contributed by atoms with Crippen LogP contribution in [-0.4, -0.2) is 50.0 Å². The Labute approximate surface area is 225 Å². The molecule has 0 bridgehead atoms. The van der Waals surface area contributed by atoms with Crippen LogP contribution >= 0.6 is 11.8 Å². The van der Waals surface area contributed by atoms with E-state index >= 15 is 0 Å². The van der Waals surface area contributed by atoms with Crippen molar-refractivity contribution in [2.45, 2.75) is 105 Å². The van der Waals surface area contributed by atoms with Crippen LogP contribution in [0.2, 0.25) is 14.9 Å². The first-order valence-corrected chi connectivity index (χ1v) is 17.4. The van der Waals surface area contributed by atoms with Gasteiger partial charge in [-0.3, -0.25) is 0 Å². The Morgan fingerprint density at radius 1 is 1.08 bits per heavy atom. The second kappa shape index (κ2) is 8.99. The van der Waals surface area contributed by atoms with Crippen LogP contribution in [0.25, 0.3) is 0 Å². The van der Waals surface area contributed by atoms with Crippen molar-refractivity contribution in [1.29, 1.82) is 0 Å². The van der Waals surface area contributed by atoms with E-state index in [9.17, 15) is 9.59 Å². The monoisotopic (exact) mass is 594 g/mol. The molecule has 0 radical (unpaired) electrons. The second-order valence-corrected chi connectivity index (χ2v) is 21.3. The summed E-state index contributed by atoms with van der Waals surface area (Å²) in [5.74, 6) is 0. The van der Waals surface area contributed by atoms with Gasteiger partial charge >= 0.3 is 226 Å². The normalized spacial score (nSPS) is 31.8. The molecule has 5 rings (SSSR count). The minimum atomic E-state index is -2.73. The molecule has 5 atom stereocenters. The van der Waals surface area contributed by atoms with Crippen molar-refractivity contribution in [3.63, 3.8) is 0 Å². The fourth-order valence-electron chi connectivity index (χ4n) is 6.55. The molecule has 6 nitrogen and oxygen atoms in total. The maximum atomic E-state index is 13.2. The number of benzene rings is 1. The van der Waals surface area contributed by atoms with Crippen molar-refractivity contribution in [3.05, 3.63) is 62.9 Å². The molecule has 1 aromatic heterocycles. The number of aryl methyl sites for hydroxylation is 1. The van der Waals surface area contributed by atoms with E-state index in [4.69, 9.17) is 8.85 Å².